The van der Waals surface area contributed by atoms with E-state index in [2.05, 4.69) is 37.7 Å². The van der Waals surface area contributed by atoms with E-state index in [1.807, 2.05) is 6.21 Å². The molecule has 1 heterocycles. The Morgan fingerprint density at radius 3 is 2.45 bits per heavy atom. The molecule has 0 radical (unpaired) electrons. The van der Waals surface area contributed by atoms with Gasteiger partial charge in [-0.15, -0.1) is 0 Å². The monoisotopic (exact) mass is 152 g/mol. The molecule has 0 fully saturated rings. The van der Waals surface area contributed by atoms with E-state index < -0.39 is 0 Å². The third kappa shape index (κ3) is 1.50. The van der Waals surface area contributed by atoms with Crippen LogP contribution >= 0.6 is 0 Å². The summed E-state index contributed by atoms with van der Waals surface area (Å²) < 4.78 is 0. The summed E-state index contributed by atoms with van der Waals surface area (Å²) in [5.41, 5.74) is 1.33. The Balaban J connectivity index is 2.79. The first-order valence-corrected chi connectivity index (χ1v) is 4.10. The predicted molar refractivity (Wildman–Crippen MR) is 49.4 cm³/mol. The molecule has 1 rings (SSSR count). The molecular formula is C9H16N2. The Kier molecular flexibility index (Phi) is 2.12. The summed E-state index contributed by atoms with van der Waals surface area (Å²) >= 11 is 0. The van der Waals surface area contributed by atoms with Crippen molar-refractivity contribution < 1.29 is 0 Å². The maximum Gasteiger partial charge on any atom is 0.129 e. The standard InChI is InChI=1S/C9H16N2/c1-7(2)9(3,4)8-5-10-6-11-8/h5,7H,6H2,1-4H3. The van der Waals surface area contributed by atoms with Gasteiger partial charge in [-0.05, 0) is 5.92 Å². The predicted octanol–water partition coefficient (Wildman–Crippen LogP) is 2.15. The maximum absolute atomic E-state index is 4.32. The van der Waals surface area contributed by atoms with Crippen molar-refractivity contribution in [1.29, 1.82) is 0 Å². The van der Waals surface area contributed by atoms with E-state index in [1.165, 1.54) is 0 Å². The lowest BCUT2D eigenvalue weighted by Gasteiger charge is -2.27. The van der Waals surface area contributed by atoms with Crippen LogP contribution in [-0.2, 0) is 0 Å². The molecule has 62 valence electrons. The summed E-state index contributed by atoms with van der Waals surface area (Å²) in [6.07, 6.45) is 1.90. The molecule has 0 amide bonds. The average Bonchev–Trinajstić information content (AvgIpc) is 2.37. The first-order valence-electron chi connectivity index (χ1n) is 4.10. The minimum atomic E-state index is 0.181. The summed E-state index contributed by atoms with van der Waals surface area (Å²) in [6, 6.07) is 0. The first kappa shape index (κ1) is 8.44. The molecule has 0 aliphatic carbocycles. The summed E-state index contributed by atoms with van der Waals surface area (Å²) in [6.45, 7) is 9.50. The second-order valence-corrected chi connectivity index (χ2v) is 3.87. The van der Waals surface area contributed by atoms with Crippen LogP contribution in [0.25, 0.3) is 0 Å². The summed E-state index contributed by atoms with van der Waals surface area (Å²) in [5.74, 6) is 0.616. The van der Waals surface area contributed by atoms with Gasteiger partial charge in [0.05, 0.1) is 5.71 Å². The largest absolute Gasteiger partial charge is 0.268 e. The lowest BCUT2D eigenvalue weighted by Crippen LogP contribution is -2.29. The highest BCUT2D eigenvalue weighted by molar-refractivity contribution is 6.33. The van der Waals surface area contributed by atoms with Gasteiger partial charge in [-0.25, -0.2) is 0 Å². The van der Waals surface area contributed by atoms with Crippen LogP contribution in [0.3, 0.4) is 0 Å². The van der Waals surface area contributed by atoms with E-state index in [0.717, 1.165) is 5.71 Å². The molecule has 0 saturated heterocycles. The molecule has 2 nitrogen and oxygen atoms in total. The Morgan fingerprint density at radius 2 is 2.09 bits per heavy atom. The molecule has 0 aromatic heterocycles. The fourth-order valence-corrected chi connectivity index (χ4v) is 0.951. The van der Waals surface area contributed by atoms with E-state index in [-0.39, 0.29) is 5.41 Å². The van der Waals surface area contributed by atoms with Crippen molar-refractivity contribution in [2.45, 2.75) is 27.7 Å². The Bertz CT molecular complexity index is 200. The minimum Gasteiger partial charge on any atom is -0.268 e. The highest BCUT2D eigenvalue weighted by atomic mass is 15.0. The summed E-state index contributed by atoms with van der Waals surface area (Å²) in [5, 5.41) is 0. The van der Waals surface area contributed by atoms with Gasteiger partial charge >= 0.3 is 0 Å². The molecule has 0 atom stereocenters. The van der Waals surface area contributed by atoms with Gasteiger partial charge in [-0.3, -0.25) is 9.98 Å². The van der Waals surface area contributed by atoms with E-state index in [0.29, 0.717) is 12.6 Å². The molecule has 0 bridgehead atoms. The van der Waals surface area contributed by atoms with Gasteiger partial charge in [-0.2, -0.15) is 0 Å². The molecule has 0 N–H and O–H groups in total. The molecule has 2 heteroatoms. The Hall–Kier alpha value is -0.660. The van der Waals surface area contributed by atoms with Crippen molar-refractivity contribution in [2.24, 2.45) is 21.3 Å². The Morgan fingerprint density at radius 1 is 1.45 bits per heavy atom. The van der Waals surface area contributed by atoms with E-state index >= 15 is 0 Å². The molecule has 1 aliphatic heterocycles. The topological polar surface area (TPSA) is 24.7 Å². The quantitative estimate of drug-likeness (QED) is 0.579. The zero-order chi connectivity index (χ0) is 8.48. The van der Waals surface area contributed by atoms with Crippen molar-refractivity contribution in [3.05, 3.63) is 0 Å². The van der Waals surface area contributed by atoms with Crippen LogP contribution in [0.15, 0.2) is 9.98 Å². The summed E-state index contributed by atoms with van der Waals surface area (Å²) in [4.78, 5) is 8.41. The molecule has 0 saturated carbocycles. The van der Waals surface area contributed by atoms with Crippen LogP contribution in [0.5, 0.6) is 0 Å². The van der Waals surface area contributed by atoms with Crippen LogP contribution in [0, 0.1) is 11.3 Å². The van der Waals surface area contributed by atoms with Crippen LogP contribution in [0.4, 0.5) is 0 Å². The zero-order valence-corrected chi connectivity index (χ0v) is 7.76. The van der Waals surface area contributed by atoms with Crippen molar-refractivity contribution in [3.8, 4) is 0 Å². The van der Waals surface area contributed by atoms with Gasteiger partial charge in [0.2, 0.25) is 0 Å². The van der Waals surface area contributed by atoms with E-state index in [1.54, 1.807) is 0 Å². The van der Waals surface area contributed by atoms with Gasteiger partial charge in [0, 0.05) is 11.6 Å². The molecular weight excluding hydrogens is 136 g/mol. The van der Waals surface area contributed by atoms with Crippen LogP contribution in [-0.4, -0.2) is 18.6 Å². The fraction of sp³-hybridized carbons (Fsp3) is 0.778. The number of hydrogen-bond acceptors (Lipinski definition) is 2. The van der Waals surface area contributed by atoms with E-state index in [4.69, 9.17) is 0 Å². The van der Waals surface area contributed by atoms with Crippen LogP contribution in [0.1, 0.15) is 27.7 Å². The minimum absolute atomic E-state index is 0.181. The van der Waals surface area contributed by atoms with Gasteiger partial charge < -0.3 is 0 Å². The molecule has 0 aromatic rings. The zero-order valence-electron chi connectivity index (χ0n) is 7.76. The van der Waals surface area contributed by atoms with E-state index in [9.17, 15) is 0 Å². The second kappa shape index (κ2) is 2.76. The smallest absolute Gasteiger partial charge is 0.129 e. The lowest BCUT2D eigenvalue weighted by atomic mass is 9.77. The first-order chi connectivity index (χ1) is 5.05. The number of rotatable bonds is 2. The number of aliphatic imine (C=N–C) groups is 2. The number of hydrogen-bond donors (Lipinski definition) is 0. The lowest BCUT2D eigenvalue weighted by molar-refractivity contribution is 0.369. The Labute approximate surface area is 68.4 Å². The van der Waals surface area contributed by atoms with Gasteiger partial charge in [0.15, 0.2) is 0 Å². The molecule has 0 unspecified atom stereocenters. The van der Waals surface area contributed by atoms with Gasteiger partial charge in [0.1, 0.15) is 6.67 Å². The summed E-state index contributed by atoms with van der Waals surface area (Å²) in [7, 11) is 0. The van der Waals surface area contributed by atoms with Crippen LogP contribution < -0.4 is 0 Å². The van der Waals surface area contributed by atoms with Gasteiger partial charge in [0.25, 0.3) is 0 Å². The molecule has 0 spiro atoms. The third-order valence-corrected chi connectivity index (χ3v) is 2.64. The van der Waals surface area contributed by atoms with Crippen molar-refractivity contribution in [1.82, 2.24) is 0 Å². The number of nitrogens with zero attached hydrogens (tertiary/aromatic N) is 2. The van der Waals surface area contributed by atoms with Crippen molar-refractivity contribution in [2.75, 3.05) is 6.67 Å². The van der Waals surface area contributed by atoms with Crippen LogP contribution in [0.2, 0.25) is 0 Å². The maximum atomic E-state index is 4.32. The SMILES string of the molecule is CC(C)C(C)(C)C1=NCN=C1. The average molecular weight is 152 g/mol. The third-order valence-electron chi connectivity index (χ3n) is 2.64. The highest BCUT2D eigenvalue weighted by Gasteiger charge is 2.28. The molecule has 1 aliphatic rings. The second-order valence-electron chi connectivity index (χ2n) is 3.87. The molecule has 0 aromatic carbocycles. The highest BCUT2D eigenvalue weighted by Crippen LogP contribution is 2.28. The van der Waals surface area contributed by atoms with Gasteiger partial charge in [-0.1, -0.05) is 27.7 Å². The van der Waals surface area contributed by atoms with Crippen molar-refractivity contribution in [3.63, 3.8) is 0 Å². The van der Waals surface area contributed by atoms with Crippen molar-refractivity contribution >= 4 is 11.9 Å². The fourth-order valence-electron chi connectivity index (χ4n) is 0.951. The molecule has 11 heavy (non-hydrogen) atoms. The normalized spacial score (nSPS) is 17.7.